The van der Waals surface area contributed by atoms with Gasteiger partial charge >= 0.3 is 0 Å². The van der Waals surface area contributed by atoms with E-state index in [2.05, 4.69) is 31.3 Å². The molecule has 17 heavy (non-hydrogen) atoms. The molecule has 2 heteroatoms. The molecule has 0 aromatic heterocycles. The van der Waals surface area contributed by atoms with Crippen LogP contribution in [0.4, 0.5) is 5.69 Å². The third kappa shape index (κ3) is 6.32. The van der Waals surface area contributed by atoms with Crippen LogP contribution in [0.25, 0.3) is 0 Å². The van der Waals surface area contributed by atoms with Crippen molar-refractivity contribution >= 4 is 5.69 Å². The molecule has 1 unspecified atom stereocenters. The highest BCUT2D eigenvalue weighted by Crippen LogP contribution is 2.08. The molecule has 0 fully saturated rings. The van der Waals surface area contributed by atoms with Gasteiger partial charge in [0.25, 0.3) is 0 Å². The summed E-state index contributed by atoms with van der Waals surface area (Å²) in [4.78, 5) is 0. The van der Waals surface area contributed by atoms with Crippen LogP contribution in [0.1, 0.15) is 45.1 Å². The van der Waals surface area contributed by atoms with Gasteiger partial charge in [-0.05, 0) is 50.4 Å². The van der Waals surface area contributed by atoms with E-state index in [-0.39, 0.29) is 0 Å². The predicted octanol–water partition coefficient (Wildman–Crippen LogP) is 3.37. The maximum Gasteiger partial charge on any atom is 0.0316 e. The molecule has 0 bridgehead atoms. The number of nitrogens with two attached hydrogens (primary N) is 1. The number of benzene rings is 1. The zero-order valence-corrected chi connectivity index (χ0v) is 11.2. The molecule has 1 rings (SSSR count). The first kappa shape index (κ1) is 14.0. The van der Waals surface area contributed by atoms with Gasteiger partial charge in [-0.1, -0.05) is 31.9 Å². The maximum absolute atomic E-state index is 5.75. The van der Waals surface area contributed by atoms with Gasteiger partial charge in [-0.15, -0.1) is 0 Å². The predicted molar refractivity (Wildman–Crippen MR) is 76.2 cm³/mol. The number of unbranched alkanes of at least 4 members (excludes halogenated alkanes) is 1. The van der Waals surface area contributed by atoms with Crippen molar-refractivity contribution in [2.45, 2.75) is 52.0 Å². The molecule has 2 nitrogen and oxygen atoms in total. The van der Waals surface area contributed by atoms with E-state index in [1.165, 1.54) is 31.2 Å². The summed E-state index contributed by atoms with van der Waals surface area (Å²) >= 11 is 0. The molecule has 0 aliphatic heterocycles. The second-order valence-corrected chi connectivity index (χ2v) is 4.85. The van der Waals surface area contributed by atoms with Crippen molar-refractivity contribution in [3.8, 4) is 0 Å². The third-order valence-electron chi connectivity index (χ3n) is 3.08. The molecule has 0 saturated heterocycles. The van der Waals surface area contributed by atoms with Crippen molar-refractivity contribution < 1.29 is 0 Å². The van der Waals surface area contributed by atoms with Gasteiger partial charge in [0.1, 0.15) is 0 Å². The molecule has 96 valence electrons. The first-order valence-corrected chi connectivity index (χ1v) is 6.80. The highest BCUT2D eigenvalue weighted by atomic mass is 14.9. The normalized spacial score (nSPS) is 12.6. The summed E-state index contributed by atoms with van der Waals surface area (Å²) in [7, 11) is 0. The van der Waals surface area contributed by atoms with Crippen molar-refractivity contribution in [2.75, 3.05) is 12.3 Å². The number of hydrogen-bond donors (Lipinski definition) is 2. The van der Waals surface area contributed by atoms with Crippen LogP contribution in [0.5, 0.6) is 0 Å². The van der Waals surface area contributed by atoms with Gasteiger partial charge in [-0.3, -0.25) is 0 Å². The van der Waals surface area contributed by atoms with Gasteiger partial charge in [-0.2, -0.15) is 0 Å². The molecule has 0 aliphatic carbocycles. The lowest BCUT2D eigenvalue weighted by Gasteiger charge is -2.13. The zero-order chi connectivity index (χ0) is 12.5. The van der Waals surface area contributed by atoms with Crippen LogP contribution < -0.4 is 11.1 Å². The molecule has 0 spiro atoms. The summed E-state index contributed by atoms with van der Waals surface area (Å²) < 4.78 is 0. The van der Waals surface area contributed by atoms with Gasteiger partial charge in [-0.25, -0.2) is 0 Å². The highest BCUT2D eigenvalue weighted by Gasteiger charge is 2.00. The quantitative estimate of drug-likeness (QED) is 0.534. The molecular weight excluding hydrogens is 208 g/mol. The first-order valence-electron chi connectivity index (χ1n) is 6.80. The van der Waals surface area contributed by atoms with E-state index in [1.54, 1.807) is 0 Å². The van der Waals surface area contributed by atoms with Gasteiger partial charge in [0.2, 0.25) is 0 Å². The Hall–Kier alpha value is -1.02. The van der Waals surface area contributed by atoms with Crippen molar-refractivity contribution in [3.05, 3.63) is 29.8 Å². The topological polar surface area (TPSA) is 38.0 Å². The summed E-state index contributed by atoms with van der Waals surface area (Å²) in [6, 6.07) is 8.84. The largest absolute Gasteiger partial charge is 0.399 e. The van der Waals surface area contributed by atoms with Crippen molar-refractivity contribution in [3.63, 3.8) is 0 Å². The Labute approximate surface area is 106 Å². The fraction of sp³-hybridized carbons (Fsp3) is 0.600. The second-order valence-electron chi connectivity index (χ2n) is 4.85. The summed E-state index contributed by atoms with van der Waals surface area (Å²) in [5, 5.41) is 3.57. The van der Waals surface area contributed by atoms with Crippen molar-refractivity contribution in [1.82, 2.24) is 5.32 Å². The van der Waals surface area contributed by atoms with E-state index in [4.69, 9.17) is 5.73 Å². The third-order valence-corrected chi connectivity index (χ3v) is 3.08. The SMILES string of the molecule is CCCCC(C)NCCCc1cccc(N)c1. The van der Waals surface area contributed by atoms with Crippen LogP contribution in [-0.4, -0.2) is 12.6 Å². The summed E-state index contributed by atoms with van der Waals surface area (Å²) in [6.07, 6.45) is 6.19. The molecule has 1 aromatic rings. The van der Waals surface area contributed by atoms with E-state index in [1.807, 2.05) is 12.1 Å². The Kier molecular flexibility index (Phi) is 6.71. The number of hydrogen-bond acceptors (Lipinski definition) is 2. The molecule has 0 saturated carbocycles. The smallest absolute Gasteiger partial charge is 0.0316 e. The first-order chi connectivity index (χ1) is 8.22. The van der Waals surface area contributed by atoms with Gasteiger partial charge < -0.3 is 11.1 Å². The minimum Gasteiger partial charge on any atom is -0.399 e. The Morgan fingerprint density at radius 3 is 2.82 bits per heavy atom. The number of nitrogens with one attached hydrogen (secondary N) is 1. The molecule has 0 aliphatic rings. The number of nitrogen functional groups attached to an aromatic ring is 1. The average Bonchev–Trinajstić information content (AvgIpc) is 2.32. The lowest BCUT2D eigenvalue weighted by atomic mass is 10.1. The van der Waals surface area contributed by atoms with E-state index >= 15 is 0 Å². The Morgan fingerprint density at radius 1 is 1.29 bits per heavy atom. The fourth-order valence-electron chi connectivity index (χ4n) is 2.00. The monoisotopic (exact) mass is 234 g/mol. The van der Waals surface area contributed by atoms with Crippen LogP contribution in [0.3, 0.4) is 0 Å². The van der Waals surface area contributed by atoms with Gasteiger partial charge in [0.05, 0.1) is 0 Å². The summed E-state index contributed by atoms with van der Waals surface area (Å²) in [6.45, 7) is 5.61. The average molecular weight is 234 g/mol. The fourth-order valence-corrected chi connectivity index (χ4v) is 2.00. The Morgan fingerprint density at radius 2 is 2.12 bits per heavy atom. The van der Waals surface area contributed by atoms with E-state index < -0.39 is 0 Å². The van der Waals surface area contributed by atoms with Crippen LogP contribution in [0.15, 0.2) is 24.3 Å². The molecule has 3 N–H and O–H groups in total. The van der Waals surface area contributed by atoms with Crippen LogP contribution in [0.2, 0.25) is 0 Å². The summed E-state index contributed by atoms with van der Waals surface area (Å²) in [5.41, 5.74) is 7.96. The highest BCUT2D eigenvalue weighted by molar-refractivity contribution is 5.40. The lowest BCUT2D eigenvalue weighted by Crippen LogP contribution is -2.27. The van der Waals surface area contributed by atoms with Crippen LogP contribution in [-0.2, 0) is 6.42 Å². The summed E-state index contributed by atoms with van der Waals surface area (Å²) in [5.74, 6) is 0. The minimum atomic E-state index is 0.649. The maximum atomic E-state index is 5.75. The lowest BCUT2D eigenvalue weighted by molar-refractivity contribution is 0.489. The van der Waals surface area contributed by atoms with E-state index in [0.717, 1.165) is 18.7 Å². The molecule has 0 radical (unpaired) electrons. The molecule has 0 heterocycles. The second kappa shape index (κ2) is 8.13. The molecule has 1 atom stereocenters. The molecule has 1 aromatic carbocycles. The van der Waals surface area contributed by atoms with E-state index in [9.17, 15) is 0 Å². The van der Waals surface area contributed by atoms with Gasteiger partial charge in [0, 0.05) is 11.7 Å². The van der Waals surface area contributed by atoms with Crippen molar-refractivity contribution in [2.24, 2.45) is 0 Å². The molecular formula is C15H26N2. The van der Waals surface area contributed by atoms with Gasteiger partial charge in [0.15, 0.2) is 0 Å². The number of rotatable bonds is 8. The Bertz CT molecular complexity index is 310. The van der Waals surface area contributed by atoms with Crippen molar-refractivity contribution in [1.29, 1.82) is 0 Å². The Balaban J connectivity index is 2.11. The van der Waals surface area contributed by atoms with Crippen LogP contribution >= 0.6 is 0 Å². The molecule has 0 amide bonds. The zero-order valence-electron chi connectivity index (χ0n) is 11.2. The standard InChI is InChI=1S/C15H26N2/c1-3-4-7-13(2)17-11-6-9-14-8-5-10-15(16)12-14/h5,8,10,12-13,17H,3-4,6-7,9,11,16H2,1-2H3. The van der Waals surface area contributed by atoms with E-state index in [0.29, 0.717) is 6.04 Å². The van der Waals surface area contributed by atoms with Crippen LogP contribution in [0, 0.1) is 0 Å². The minimum absolute atomic E-state index is 0.649. The number of anilines is 1. The number of aryl methyl sites for hydroxylation is 1.